The fourth-order valence-electron chi connectivity index (χ4n) is 3.30. The highest BCUT2D eigenvalue weighted by Crippen LogP contribution is 2.40. The van der Waals surface area contributed by atoms with Crippen molar-refractivity contribution in [3.63, 3.8) is 0 Å². The molecule has 2 fully saturated rings. The van der Waals surface area contributed by atoms with Crippen molar-refractivity contribution in [3.05, 3.63) is 17.8 Å². The lowest BCUT2D eigenvalue weighted by atomic mass is 9.99. The SMILES string of the molecule is Nc1cc(C(=O)O)cnc1N1C2CCC1CC(O)C2. The van der Waals surface area contributed by atoms with E-state index in [2.05, 4.69) is 9.88 Å². The van der Waals surface area contributed by atoms with Crippen molar-refractivity contribution in [1.82, 2.24) is 4.98 Å². The number of piperidine rings is 1. The van der Waals surface area contributed by atoms with Crippen LogP contribution in [0.4, 0.5) is 11.5 Å². The molecule has 3 heterocycles. The molecule has 0 radical (unpaired) electrons. The van der Waals surface area contributed by atoms with Crippen LogP contribution in [0.15, 0.2) is 12.3 Å². The molecule has 0 aromatic carbocycles. The van der Waals surface area contributed by atoms with Gasteiger partial charge in [-0.1, -0.05) is 0 Å². The minimum atomic E-state index is -1.03. The highest BCUT2D eigenvalue weighted by Gasteiger charge is 2.41. The molecule has 1 aromatic rings. The number of carboxylic acids is 1. The van der Waals surface area contributed by atoms with Gasteiger partial charge in [0.25, 0.3) is 0 Å². The van der Waals surface area contributed by atoms with Crippen molar-refractivity contribution < 1.29 is 15.0 Å². The Hall–Kier alpha value is -1.82. The third-order valence-corrected chi connectivity index (χ3v) is 4.09. The Morgan fingerprint density at radius 2 is 2.00 bits per heavy atom. The predicted octanol–water partition coefficient (Wildman–Crippen LogP) is 0.854. The molecular weight excluding hydrogens is 246 g/mol. The van der Waals surface area contributed by atoms with Gasteiger partial charge in [0.2, 0.25) is 0 Å². The number of rotatable bonds is 2. The van der Waals surface area contributed by atoms with Crippen LogP contribution in [0.25, 0.3) is 0 Å². The van der Waals surface area contributed by atoms with Crippen LogP contribution in [0.1, 0.15) is 36.0 Å². The van der Waals surface area contributed by atoms with Gasteiger partial charge in [-0.05, 0) is 31.7 Å². The second kappa shape index (κ2) is 4.38. The van der Waals surface area contributed by atoms with Gasteiger partial charge in [0.15, 0.2) is 5.82 Å². The number of aromatic nitrogens is 1. The van der Waals surface area contributed by atoms with Gasteiger partial charge in [-0.2, -0.15) is 0 Å². The fourth-order valence-corrected chi connectivity index (χ4v) is 3.30. The monoisotopic (exact) mass is 263 g/mol. The Kier molecular flexibility index (Phi) is 2.82. The molecule has 2 saturated heterocycles. The summed E-state index contributed by atoms with van der Waals surface area (Å²) in [5, 5.41) is 18.7. The molecule has 6 nitrogen and oxygen atoms in total. The van der Waals surface area contributed by atoms with E-state index in [-0.39, 0.29) is 23.8 Å². The normalized spacial score (nSPS) is 29.5. The summed E-state index contributed by atoms with van der Waals surface area (Å²) in [5.41, 5.74) is 6.45. The van der Waals surface area contributed by atoms with Gasteiger partial charge in [-0.3, -0.25) is 0 Å². The Morgan fingerprint density at radius 3 is 2.53 bits per heavy atom. The highest BCUT2D eigenvalue weighted by atomic mass is 16.4. The van der Waals surface area contributed by atoms with Crippen molar-refractivity contribution in [3.8, 4) is 0 Å². The average molecular weight is 263 g/mol. The van der Waals surface area contributed by atoms with E-state index in [1.807, 2.05) is 0 Å². The van der Waals surface area contributed by atoms with Gasteiger partial charge < -0.3 is 20.8 Å². The van der Waals surface area contributed by atoms with E-state index < -0.39 is 5.97 Å². The van der Waals surface area contributed by atoms with Crippen LogP contribution >= 0.6 is 0 Å². The Bertz CT molecular complexity index is 506. The summed E-state index contributed by atoms with van der Waals surface area (Å²) in [4.78, 5) is 17.3. The number of anilines is 2. The maximum Gasteiger partial charge on any atom is 0.337 e. The number of pyridine rings is 1. The molecule has 3 rings (SSSR count). The van der Waals surface area contributed by atoms with Crippen molar-refractivity contribution in [2.24, 2.45) is 0 Å². The fraction of sp³-hybridized carbons (Fsp3) is 0.538. The average Bonchev–Trinajstić information content (AvgIpc) is 2.62. The first-order valence-electron chi connectivity index (χ1n) is 6.51. The molecule has 2 bridgehead atoms. The number of carboxylic acid groups (broad SMARTS) is 1. The lowest BCUT2D eigenvalue weighted by Gasteiger charge is -2.38. The van der Waals surface area contributed by atoms with Crippen molar-refractivity contribution >= 4 is 17.5 Å². The number of hydrogen-bond acceptors (Lipinski definition) is 5. The number of fused-ring (bicyclic) bond motifs is 2. The zero-order chi connectivity index (χ0) is 13.6. The van der Waals surface area contributed by atoms with Gasteiger partial charge in [0, 0.05) is 18.3 Å². The quantitative estimate of drug-likeness (QED) is 0.731. The molecule has 0 amide bonds. The van der Waals surface area contributed by atoms with Gasteiger partial charge in [-0.25, -0.2) is 9.78 Å². The van der Waals surface area contributed by atoms with Crippen molar-refractivity contribution in [2.45, 2.75) is 43.9 Å². The third-order valence-electron chi connectivity index (χ3n) is 4.09. The summed E-state index contributed by atoms with van der Waals surface area (Å²) >= 11 is 0. The molecule has 0 spiro atoms. The van der Waals surface area contributed by atoms with E-state index in [0.717, 1.165) is 25.7 Å². The summed E-state index contributed by atoms with van der Waals surface area (Å²) in [6.45, 7) is 0. The summed E-state index contributed by atoms with van der Waals surface area (Å²) in [6.07, 6.45) is 4.63. The smallest absolute Gasteiger partial charge is 0.337 e. The lowest BCUT2D eigenvalue weighted by molar-refractivity contribution is 0.0696. The van der Waals surface area contributed by atoms with E-state index >= 15 is 0 Å². The molecule has 2 atom stereocenters. The van der Waals surface area contributed by atoms with Crippen LogP contribution in [-0.4, -0.2) is 39.4 Å². The van der Waals surface area contributed by atoms with Crippen molar-refractivity contribution in [1.29, 1.82) is 0 Å². The van der Waals surface area contributed by atoms with Gasteiger partial charge in [-0.15, -0.1) is 0 Å². The highest BCUT2D eigenvalue weighted by molar-refractivity contribution is 5.89. The number of nitrogens with two attached hydrogens (primary N) is 1. The summed E-state index contributed by atoms with van der Waals surface area (Å²) in [5.74, 6) is -0.368. The molecule has 6 heteroatoms. The first kappa shape index (κ1) is 12.2. The number of carbonyl (C=O) groups is 1. The van der Waals surface area contributed by atoms with Crippen LogP contribution in [0.3, 0.4) is 0 Å². The van der Waals surface area contributed by atoms with E-state index in [4.69, 9.17) is 10.8 Å². The molecule has 0 aliphatic carbocycles. The molecular formula is C13H17N3O3. The summed E-state index contributed by atoms with van der Waals surface area (Å²) in [7, 11) is 0. The zero-order valence-corrected chi connectivity index (χ0v) is 10.5. The minimum Gasteiger partial charge on any atom is -0.478 e. The minimum absolute atomic E-state index is 0.102. The molecule has 4 N–H and O–H groups in total. The first-order valence-corrected chi connectivity index (χ1v) is 6.51. The van der Waals surface area contributed by atoms with Crippen LogP contribution in [-0.2, 0) is 0 Å². The van der Waals surface area contributed by atoms with E-state index in [9.17, 15) is 9.90 Å². The summed E-state index contributed by atoms with van der Waals surface area (Å²) < 4.78 is 0. The number of aliphatic hydroxyl groups is 1. The molecule has 2 aliphatic heterocycles. The predicted molar refractivity (Wildman–Crippen MR) is 70.1 cm³/mol. The molecule has 102 valence electrons. The van der Waals surface area contributed by atoms with Crippen LogP contribution in [0.5, 0.6) is 0 Å². The lowest BCUT2D eigenvalue weighted by Crippen LogP contribution is -2.45. The maximum absolute atomic E-state index is 10.9. The first-order chi connectivity index (χ1) is 9.06. The zero-order valence-electron chi connectivity index (χ0n) is 10.5. The topological polar surface area (TPSA) is 99.7 Å². The number of aromatic carboxylic acids is 1. The molecule has 2 unspecified atom stereocenters. The van der Waals surface area contributed by atoms with Crippen LogP contribution in [0, 0.1) is 0 Å². The molecule has 2 aliphatic rings. The van der Waals surface area contributed by atoms with Gasteiger partial charge >= 0.3 is 5.97 Å². The number of nitrogen functional groups attached to an aromatic ring is 1. The van der Waals surface area contributed by atoms with Crippen LogP contribution < -0.4 is 10.6 Å². The Balaban J connectivity index is 1.93. The summed E-state index contributed by atoms with van der Waals surface area (Å²) in [6, 6.07) is 1.98. The standard InChI is InChI=1S/C13H17N3O3/c14-11-3-7(13(18)19)6-15-12(11)16-8-1-2-9(16)5-10(17)4-8/h3,6,8-10,17H,1-2,4-5,14H2,(H,18,19). The largest absolute Gasteiger partial charge is 0.478 e. The van der Waals surface area contributed by atoms with E-state index in [1.54, 1.807) is 0 Å². The third kappa shape index (κ3) is 2.02. The second-order valence-electron chi connectivity index (χ2n) is 5.36. The molecule has 0 saturated carbocycles. The van der Waals surface area contributed by atoms with Gasteiger partial charge in [0.05, 0.1) is 17.4 Å². The molecule has 1 aromatic heterocycles. The Labute approximate surface area is 110 Å². The Morgan fingerprint density at radius 1 is 1.37 bits per heavy atom. The number of hydrogen-bond donors (Lipinski definition) is 3. The van der Waals surface area contributed by atoms with E-state index in [0.29, 0.717) is 11.5 Å². The second-order valence-corrected chi connectivity index (χ2v) is 5.36. The van der Waals surface area contributed by atoms with E-state index in [1.165, 1.54) is 12.3 Å². The number of nitrogens with zero attached hydrogens (tertiary/aromatic N) is 2. The maximum atomic E-state index is 10.9. The van der Waals surface area contributed by atoms with Crippen LogP contribution in [0.2, 0.25) is 0 Å². The molecule has 19 heavy (non-hydrogen) atoms. The van der Waals surface area contributed by atoms with Gasteiger partial charge in [0.1, 0.15) is 0 Å². The number of aliphatic hydroxyl groups excluding tert-OH is 1. The van der Waals surface area contributed by atoms with Crippen molar-refractivity contribution in [2.75, 3.05) is 10.6 Å².